The molecule has 1 aliphatic carbocycles. The average Bonchev–Trinajstić information content (AvgIpc) is 3.40. The van der Waals surface area contributed by atoms with Crippen molar-refractivity contribution in [1.29, 1.82) is 0 Å². The summed E-state index contributed by atoms with van der Waals surface area (Å²) in [5.74, 6) is -0.865. The molecule has 0 aromatic heterocycles. The molecular formula is C20H29N3O4. The first-order chi connectivity index (χ1) is 13.0. The molecule has 0 bridgehead atoms. The first-order valence-corrected chi connectivity index (χ1v) is 9.54. The number of ether oxygens (including phenoxy) is 1. The molecule has 148 valence electrons. The van der Waals surface area contributed by atoms with Gasteiger partial charge in [-0.1, -0.05) is 30.3 Å². The topological polar surface area (TPSA) is 82.1 Å². The fraction of sp³-hybridized carbons (Fsp3) is 0.600. The van der Waals surface area contributed by atoms with Gasteiger partial charge in [-0.2, -0.15) is 0 Å². The van der Waals surface area contributed by atoms with E-state index in [0.29, 0.717) is 32.8 Å². The van der Waals surface area contributed by atoms with Gasteiger partial charge in [-0.3, -0.25) is 9.69 Å². The molecule has 1 saturated heterocycles. The van der Waals surface area contributed by atoms with E-state index in [1.54, 1.807) is 16.8 Å². The number of carboxylic acid groups (broad SMARTS) is 1. The highest BCUT2D eigenvalue weighted by Crippen LogP contribution is 2.47. The van der Waals surface area contributed by atoms with Crippen molar-refractivity contribution in [2.24, 2.45) is 5.41 Å². The number of likely N-dealkylation sites (N-methyl/N-ethyl adjacent to an activating group) is 1. The number of urea groups is 1. The first-order valence-electron chi connectivity index (χ1n) is 9.54. The van der Waals surface area contributed by atoms with Crippen LogP contribution in [0.15, 0.2) is 30.3 Å². The molecule has 1 atom stereocenters. The van der Waals surface area contributed by atoms with Gasteiger partial charge in [0.2, 0.25) is 0 Å². The summed E-state index contributed by atoms with van der Waals surface area (Å²) >= 11 is 0. The van der Waals surface area contributed by atoms with Gasteiger partial charge in [0.15, 0.2) is 0 Å². The number of hydrogen-bond acceptors (Lipinski definition) is 4. The maximum Gasteiger partial charge on any atom is 0.317 e. The molecule has 27 heavy (non-hydrogen) atoms. The third-order valence-corrected chi connectivity index (χ3v) is 5.34. The fourth-order valence-corrected chi connectivity index (χ4v) is 3.65. The van der Waals surface area contributed by atoms with E-state index in [9.17, 15) is 9.59 Å². The minimum absolute atomic E-state index is 0.0337. The van der Waals surface area contributed by atoms with Gasteiger partial charge in [-0.15, -0.1) is 0 Å². The number of carbonyl (C=O) groups excluding carboxylic acids is 1. The van der Waals surface area contributed by atoms with Crippen LogP contribution < -0.4 is 5.32 Å². The van der Waals surface area contributed by atoms with E-state index >= 15 is 0 Å². The lowest BCUT2D eigenvalue weighted by Crippen LogP contribution is -2.53. The third kappa shape index (κ3) is 5.94. The molecule has 1 unspecified atom stereocenters. The van der Waals surface area contributed by atoms with E-state index in [0.717, 1.165) is 19.3 Å². The number of morpholine rings is 1. The van der Waals surface area contributed by atoms with Crippen LogP contribution >= 0.6 is 0 Å². The van der Waals surface area contributed by atoms with E-state index < -0.39 is 5.97 Å². The second-order valence-electron chi connectivity index (χ2n) is 7.85. The fourth-order valence-electron chi connectivity index (χ4n) is 3.65. The molecule has 1 aromatic rings. The summed E-state index contributed by atoms with van der Waals surface area (Å²) in [7, 11) is 1.75. The van der Waals surface area contributed by atoms with Gasteiger partial charge >= 0.3 is 12.0 Å². The molecule has 1 aliphatic heterocycles. The highest BCUT2D eigenvalue weighted by Gasteiger charge is 2.43. The third-order valence-electron chi connectivity index (χ3n) is 5.34. The second-order valence-corrected chi connectivity index (χ2v) is 7.85. The number of nitrogens with one attached hydrogen (secondary N) is 1. The second kappa shape index (κ2) is 8.71. The molecule has 1 aromatic carbocycles. The predicted octanol–water partition coefficient (Wildman–Crippen LogP) is 1.44. The summed E-state index contributed by atoms with van der Waals surface area (Å²) < 4.78 is 5.69. The van der Waals surface area contributed by atoms with Crippen molar-refractivity contribution in [3.05, 3.63) is 35.9 Å². The summed E-state index contributed by atoms with van der Waals surface area (Å²) in [5.41, 5.74) is 1.52. The van der Waals surface area contributed by atoms with Crippen LogP contribution in [0.2, 0.25) is 0 Å². The zero-order valence-electron chi connectivity index (χ0n) is 15.9. The Morgan fingerprint density at radius 3 is 2.74 bits per heavy atom. The maximum absolute atomic E-state index is 12.6. The van der Waals surface area contributed by atoms with E-state index in [4.69, 9.17) is 9.84 Å². The van der Waals surface area contributed by atoms with Crippen LogP contribution in [0, 0.1) is 5.41 Å². The van der Waals surface area contributed by atoms with Gasteiger partial charge in [0.25, 0.3) is 0 Å². The van der Waals surface area contributed by atoms with Crippen molar-refractivity contribution in [2.45, 2.75) is 25.4 Å². The van der Waals surface area contributed by atoms with Crippen LogP contribution in [0.3, 0.4) is 0 Å². The first kappa shape index (κ1) is 19.6. The van der Waals surface area contributed by atoms with Gasteiger partial charge in [0, 0.05) is 26.2 Å². The quantitative estimate of drug-likeness (QED) is 0.718. The Morgan fingerprint density at radius 2 is 2.07 bits per heavy atom. The zero-order chi connectivity index (χ0) is 19.3. The van der Waals surface area contributed by atoms with Gasteiger partial charge in [0.05, 0.1) is 19.3 Å². The van der Waals surface area contributed by atoms with E-state index in [1.807, 2.05) is 6.07 Å². The van der Waals surface area contributed by atoms with Crippen molar-refractivity contribution in [3.8, 4) is 0 Å². The minimum Gasteiger partial charge on any atom is -0.480 e. The lowest BCUT2D eigenvalue weighted by atomic mass is 9.96. The highest BCUT2D eigenvalue weighted by molar-refractivity contribution is 5.74. The molecule has 1 saturated carbocycles. The van der Waals surface area contributed by atoms with E-state index in [1.165, 1.54) is 5.56 Å². The Balaban J connectivity index is 1.44. The van der Waals surface area contributed by atoms with Gasteiger partial charge in [-0.25, -0.2) is 4.79 Å². The number of carboxylic acids is 1. The Kier molecular flexibility index (Phi) is 6.34. The van der Waals surface area contributed by atoms with Crippen LogP contribution in [-0.2, 0) is 16.0 Å². The Labute approximate surface area is 160 Å². The molecule has 2 N–H and O–H groups in total. The predicted molar refractivity (Wildman–Crippen MR) is 102 cm³/mol. The highest BCUT2D eigenvalue weighted by atomic mass is 16.5. The van der Waals surface area contributed by atoms with Crippen LogP contribution in [0.1, 0.15) is 18.4 Å². The monoisotopic (exact) mass is 375 g/mol. The van der Waals surface area contributed by atoms with E-state index in [-0.39, 0.29) is 24.1 Å². The zero-order valence-corrected chi connectivity index (χ0v) is 15.9. The summed E-state index contributed by atoms with van der Waals surface area (Å²) in [6.07, 6.45) is 3.13. The number of amides is 2. The van der Waals surface area contributed by atoms with Crippen molar-refractivity contribution < 1.29 is 19.4 Å². The molecule has 0 radical (unpaired) electrons. The smallest absolute Gasteiger partial charge is 0.317 e. The average molecular weight is 375 g/mol. The summed E-state index contributed by atoms with van der Waals surface area (Å²) in [6.45, 7) is 2.69. The molecule has 2 aliphatic rings. The normalized spacial score (nSPS) is 21.1. The maximum atomic E-state index is 12.6. The number of hydrogen-bond donors (Lipinski definition) is 2. The van der Waals surface area contributed by atoms with Crippen LogP contribution in [0.25, 0.3) is 0 Å². The summed E-state index contributed by atoms with van der Waals surface area (Å²) in [6, 6.07) is 10.4. The molecule has 0 spiro atoms. The van der Waals surface area contributed by atoms with Crippen molar-refractivity contribution in [3.63, 3.8) is 0 Å². The van der Waals surface area contributed by atoms with Crippen LogP contribution in [0.4, 0.5) is 4.79 Å². The van der Waals surface area contributed by atoms with Gasteiger partial charge in [-0.05, 0) is 37.3 Å². The largest absolute Gasteiger partial charge is 0.480 e. The number of nitrogens with zero attached hydrogens (tertiary/aromatic N) is 2. The molecule has 3 rings (SSSR count). The molecule has 2 amide bonds. The van der Waals surface area contributed by atoms with Crippen molar-refractivity contribution in [1.82, 2.24) is 15.1 Å². The summed E-state index contributed by atoms with van der Waals surface area (Å²) in [4.78, 5) is 26.8. The van der Waals surface area contributed by atoms with Gasteiger partial charge < -0.3 is 20.1 Å². The molecule has 7 nitrogen and oxygen atoms in total. The van der Waals surface area contributed by atoms with Crippen LogP contribution in [0.5, 0.6) is 0 Å². The van der Waals surface area contributed by atoms with Crippen LogP contribution in [-0.4, -0.2) is 79.4 Å². The lowest BCUT2D eigenvalue weighted by molar-refractivity contribution is -0.138. The number of aliphatic carboxylic acids is 1. The van der Waals surface area contributed by atoms with Crippen molar-refractivity contribution >= 4 is 12.0 Å². The van der Waals surface area contributed by atoms with Crippen molar-refractivity contribution in [2.75, 3.05) is 46.4 Å². The Bertz CT molecular complexity index is 648. The Hall–Kier alpha value is -2.12. The molecule has 7 heteroatoms. The molecule has 2 fully saturated rings. The molecular weight excluding hydrogens is 346 g/mol. The number of rotatable bonds is 8. The van der Waals surface area contributed by atoms with E-state index in [2.05, 4.69) is 29.6 Å². The lowest BCUT2D eigenvalue weighted by Gasteiger charge is -2.35. The summed E-state index contributed by atoms with van der Waals surface area (Å²) in [5, 5.41) is 12.0. The number of carbonyl (C=O) groups is 2. The van der Waals surface area contributed by atoms with Gasteiger partial charge in [0.1, 0.15) is 0 Å². The Morgan fingerprint density at radius 1 is 1.33 bits per heavy atom. The number of benzene rings is 1. The SMILES string of the molecule is CN(CC(=O)O)CC1CN(C(=O)NCC2(Cc3ccccc3)CC2)CCO1. The minimum atomic E-state index is -0.865. The standard InChI is InChI=1S/C20H29N3O4/c1-22(14-18(24)25)12-17-13-23(9-10-27-17)19(26)21-15-20(7-8-20)11-16-5-3-2-4-6-16/h2-6,17H,7-15H2,1H3,(H,21,26)(H,24,25). The molecule has 1 heterocycles.